The standard InChI is InChI=1S/C13H20N2O/c1-9-5-6-12(11(3)10(9)2)13(16)15-8-7-14-4/h5-6,14H,7-8H2,1-4H3,(H,15,16). The molecule has 1 aromatic rings. The van der Waals surface area contributed by atoms with Crippen molar-refractivity contribution in [2.45, 2.75) is 20.8 Å². The third-order valence-electron chi connectivity index (χ3n) is 2.96. The second-order valence-electron chi connectivity index (χ2n) is 4.04. The molecule has 0 unspecified atom stereocenters. The lowest BCUT2D eigenvalue weighted by Gasteiger charge is -2.11. The van der Waals surface area contributed by atoms with Crippen molar-refractivity contribution in [2.75, 3.05) is 20.1 Å². The molecule has 0 aliphatic heterocycles. The first kappa shape index (κ1) is 12.7. The molecule has 3 nitrogen and oxygen atoms in total. The van der Waals surface area contributed by atoms with Gasteiger partial charge in [0.25, 0.3) is 5.91 Å². The molecule has 1 rings (SSSR count). The number of carbonyl (C=O) groups is 1. The Labute approximate surface area is 97.2 Å². The molecule has 3 heteroatoms. The summed E-state index contributed by atoms with van der Waals surface area (Å²) in [6.45, 7) is 7.55. The normalized spacial score (nSPS) is 10.2. The third kappa shape index (κ3) is 2.83. The fraction of sp³-hybridized carbons (Fsp3) is 0.462. The van der Waals surface area contributed by atoms with Crippen LogP contribution in [0.5, 0.6) is 0 Å². The number of hydrogen-bond donors (Lipinski definition) is 2. The van der Waals surface area contributed by atoms with Gasteiger partial charge in [-0.2, -0.15) is 0 Å². The van der Waals surface area contributed by atoms with Crippen LogP contribution in [0.3, 0.4) is 0 Å². The Balaban J connectivity index is 2.80. The smallest absolute Gasteiger partial charge is 0.251 e. The zero-order chi connectivity index (χ0) is 12.1. The molecule has 0 aliphatic carbocycles. The van der Waals surface area contributed by atoms with Crippen molar-refractivity contribution in [1.82, 2.24) is 10.6 Å². The summed E-state index contributed by atoms with van der Waals surface area (Å²) in [5.41, 5.74) is 4.27. The number of nitrogens with one attached hydrogen (secondary N) is 2. The molecular weight excluding hydrogens is 200 g/mol. The average molecular weight is 220 g/mol. The predicted molar refractivity (Wildman–Crippen MR) is 66.9 cm³/mol. The van der Waals surface area contributed by atoms with Crippen molar-refractivity contribution in [3.05, 3.63) is 34.4 Å². The van der Waals surface area contributed by atoms with Crippen molar-refractivity contribution in [3.63, 3.8) is 0 Å². The van der Waals surface area contributed by atoms with E-state index in [1.165, 1.54) is 11.1 Å². The SMILES string of the molecule is CNCCNC(=O)c1ccc(C)c(C)c1C. The summed E-state index contributed by atoms with van der Waals surface area (Å²) in [5.74, 6) is 0.0100. The number of benzene rings is 1. The predicted octanol–water partition coefficient (Wildman–Crippen LogP) is 1.56. The molecule has 0 atom stereocenters. The van der Waals surface area contributed by atoms with Gasteiger partial charge in [-0.25, -0.2) is 0 Å². The Morgan fingerprint density at radius 1 is 1.12 bits per heavy atom. The van der Waals surface area contributed by atoms with Gasteiger partial charge in [-0.1, -0.05) is 6.07 Å². The lowest BCUT2D eigenvalue weighted by atomic mass is 9.98. The number of carbonyl (C=O) groups excluding carboxylic acids is 1. The first-order valence-electron chi connectivity index (χ1n) is 5.57. The maximum Gasteiger partial charge on any atom is 0.251 e. The first-order valence-corrected chi connectivity index (χ1v) is 5.57. The van der Waals surface area contributed by atoms with E-state index in [9.17, 15) is 4.79 Å². The monoisotopic (exact) mass is 220 g/mol. The molecule has 0 spiro atoms. The van der Waals surface area contributed by atoms with Crippen molar-refractivity contribution in [3.8, 4) is 0 Å². The number of likely N-dealkylation sites (N-methyl/N-ethyl adjacent to an activating group) is 1. The Hall–Kier alpha value is -1.35. The van der Waals surface area contributed by atoms with Crippen molar-refractivity contribution in [1.29, 1.82) is 0 Å². The topological polar surface area (TPSA) is 41.1 Å². The minimum Gasteiger partial charge on any atom is -0.351 e. The lowest BCUT2D eigenvalue weighted by Crippen LogP contribution is -2.30. The van der Waals surface area contributed by atoms with Gasteiger partial charge in [0.15, 0.2) is 0 Å². The molecule has 88 valence electrons. The fourth-order valence-electron chi connectivity index (χ4n) is 1.60. The van der Waals surface area contributed by atoms with Gasteiger partial charge in [-0.05, 0) is 50.6 Å². The Morgan fingerprint density at radius 2 is 1.81 bits per heavy atom. The maximum atomic E-state index is 11.9. The van der Waals surface area contributed by atoms with Crippen LogP contribution < -0.4 is 10.6 Å². The van der Waals surface area contributed by atoms with Gasteiger partial charge < -0.3 is 10.6 Å². The lowest BCUT2D eigenvalue weighted by molar-refractivity contribution is 0.0953. The molecule has 2 N–H and O–H groups in total. The molecule has 0 saturated heterocycles. The van der Waals surface area contributed by atoms with Crippen LogP contribution in [-0.2, 0) is 0 Å². The molecular formula is C13H20N2O. The maximum absolute atomic E-state index is 11.9. The van der Waals surface area contributed by atoms with Crippen LogP contribution in [0.15, 0.2) is 12.1 Å². The van der Waals surface area contributed by atoms with E-state index < -0.39 is 0 Å². The number of aryl methyl sites for hydroxylation is 1. The Bertz CT molecular complexity index is 386. The van der Waals surface area contributed by atoms with Crippen LogP contribution in [-0.4, -0.2) is 26.0 Å². The van der Waals surface area contributed by atoms with Crippen LogP contribution in [0.2, 0.25) is 0 Å². The van der Waals surface area contributed by atoms with Crippen molar-refractivity contribution < 1.29 is 4.79 Å². The van der Waals surface area contributed by atoms with Crippen LogP contribution >= 0.6 is 0 Å². The molecule has 1 aromatic carbocycles. The van der Waals surface area contributed by atoms with Crippen molar-refractivity contribution in [2.24, 2.45) is 0 Å². The van der Waals surface area contributed by atoms with Gasteiger partial charge in [-0.15, -0.1) is 0 Å². The average Bonchev–Trinajstić information content (AvgIpc) is 2.26. The van der Waals surface area contributed by atoms with Gasteiger partial charge >= 0.3 is 0 Å². The van der Waals surface area contributed by atoms with Gasteiger partial charge in [0, 0.05) is 18.7 Å². The zero-order valence-electron chi connectivity index (χ0n) is 10.5. The summed E-state index contributed by atoms with van der Waals surface area (Å²) in [4.78, 5) is 11.9. The van der Waals surface area contributed by atoms with Gasteiger partial charge in [0.1, 0.15) is 0 Å². The molecule has 0 bridgehead atoms. The molecule has 0 aliphatic rings. The minimum atomic E-state index is 0.0100. The van der Waals surface area contributed by atoms with Crippen LogP contribution in [0.1, 0.15) is 27.0 Å². The summed E-state index contributed by atoms with van der Waals surface area (Å²) in [5, 5.41) is 5.88. The van der Waals surface area contributed by atoms with Crippen LogP contribution in [0, 0.1) is 20.8 Å². The van der Waals surface area contributed by atoms with Crippen molar-refractivity contribution >= 4 is 5.91 Å². The molecule has 0 radical (unpaired) electrons. The highest BCUT2D eigenvalue weighted by Gasteiger charge is 2.10. The van der Waals surface area contributed by atoms with Crippen LogP contribution in [0.4, 0.5) is 0 Å². The Morgan fingerprint density at radius 3 is 2.44 bits per heavy atom. The van der Waals surface area contributed by atoms with Crippen LogP contribution in [0.25, 0.3) is 0 Å². The van der Waals surface area contributed by atoms with E-state index in [1.54, 1.807) is 0 Å². The highest BCUT2D eigenvalue weighted by atomic mass is 16.1. The first-order chi connectivity index (χ1) is 7.57. The van der Waals surface area contributed by atoms with E-state index in [-0.39, 0.29) is 5.91 Å². The molecule has 0 heterocycles. The molecule has 1 amide bonds. The summed E-state index contributed by atoms with van der Waals surface area (Å²) >= 11 is 0. The van der Waals surface area contributed by atoms with Gasteiger partial charge in [0.2, 0.25) is 0 Å². The number of amides is 1. The largest absolute Gasteiger partial charge is 0.351 e. The van der Waals surface area contributed by atoms with E-state index in [1.807, 2.05) is 26.1 Å². The summed E-state index contributed by atoms with van der Waals surface area (Å²) in [7, 11) is 1.87. The fourth-order valence-corrected chi connectivity index (χ4v) is 1.60. The second kappa shape index (κ2) is 5.66. The minimum absolute atomic E-state index is 0.0100. The highest BCUT2D eigenvalue weighted by Crippen LogP contribution is 2.16. The summed E-state index contributed by atoms with van der Waals surface area (Å²) in [6.07, 6.45) is 0. The van der Waals surface area contributed by atoms with Gasteiger partial charge in [0.05, 0.1) is 0 Å². The number of hydrogen-bond acceptors (Lipinski definition) is 2. The number of rotatable bonds is 4. The third-order valence-corrected chi connectivity index (χ3v) is 2.96. The van der Waals surface area contributed by atoms with E-state index in [2.05, 4.69) is 24.5 Å². The Kier molecular flexibility index (Phi) is 4.50. The van der Waals surface area contributed by atoms with E-state index in [0.717, 1.165) is 17.7 Å². The van der Waals surface area contributed by atoms with E-state index in [0.29, 0.717) is 6.54 Å². The van der Waals surface area contributed by atoms with Gasteiger partial charge in [-0.3, -0.25) is 4.79 Å². The zero-order valence-corrected chi connectivity index (χ0v) is 10.5. The second-order valence-corrected chi connectivity index (χ2v) is 4.04. The summed E-state index contributed by atoms with van der Waals surface area (Å²) < 4.78 is 0. The molecule has 0 aromatic heterocycles. The highest BCUT2D eigenvalue weighted by molar-refractivity contribution is 5.96. The van der Waals surface area contributed by atoms with E-state index >= 15 is 0 Å². The quantitative estimate of drug-likeness (QED) is 0.756. The molecule has 0 fully saturated rings. The van der Waals surface area contributed by atoms with E-state index in [4.69, 9.17) is 0 Å². The molecule has 16 heavy (non-hydrogen) atoms. The summed E-state index contributed by atoms with van der Waals surface area (Å²) in [6, 6.07) is 3.89. The molecule has 0 saturated carbocycles.